The second-order valence-electron chi connectivity index (χ2n) is 10.9. The number of hydrogen-bond donors (Lipinski definition) is 0. The molecule has 0 saturated heterocycles. The largest absolute Gasteiger partial charge is 0.465 e. The van der Waals surface area contributed by atoms with Crippen LogP contribution in [0.5, 0.6) is 0 Å². The highest BCUT2D eigenvalue weighted by Crippen LogP contribution is 2.11. The van der Waals surface area contributed by atoms with Crippen molar-refractivity contribution >= 4 is 11.8 Å². The van der Waals surface area contributed by atoms with Gasteiger partial charge in [0.2, 0.25) is 11.8 Å². The first kappa shape index (κ1) is 29.8. The predicted molar refractivity (Wildman–Crippen MR) is 144 cm³/mol. The van der Waals surface area contributed by atoms with E-state index in [1.807, 2.05) is 0 Å². The van der Waals surface area contributed by atoms with Crippen LogP contribution in [0.1, 0.15) is 64.2 Å². The van der Waals surface area contributed by atoms with Gasteiger partial charge in [-0.15, -0.1) is 0 Å². The normalized spacial score (nSPS) is 15.0. The molecule has 0 radical (unpaired) electrons. The fourth-order valence-corrected chi connectivity index (χ4v) is 3.97. The highest BCUT2D eigenvalue weighted by atomic mass is 16.7. The van der Waals surface area contributed by atoms with Crippen molar-refractivity contribution in [2.24, 2.45) is 10.3 Å². The molecular weight excluding hydrogens is 456 g/mol. The minimum atomic E-state index is 0.398. The molecule has 2 aliphatic rings. The van der Waals surface area contributed by atoms with E-state index in [-0.39, 0.29) is 0 Å². The molecule has 0 aliphatic carbocycles. The summed E-state index contributed by atoms with van der Waals surface area (Å²) in [5.74, 6) is 14.0. The summed E-state index contributed by atoms with van der Waals surface area (Å²) in [6, 6.07) is 0. The van der Waals surface area contributed by atoms with Crippen molar-refractivity contribution in [3.8, 4) is 23.7 Å². The monoisotopic (exact) mass is 504 g/mol. The molecule has 0 amide bonds. The Labute approximate surface area is 219 Å². The van der Waals surface area contributed by atoms with Gasteiger partial charge in [0.15, 0.2) is 13.2 Å². The fraction of sp³-hybridized carbons (Fsp3) is 0.786. The van der Waals surface area contributed by atoms with Gasteiger partial charge >= 0.3 is 0 Å². The lowest BCUT2D eigenvalue weighted by molar-refractivity contribution is -0.883. The second-order valence-corrected chi connectivity index (χ2v) is 10.9. The topological polar surface area (TPSA) is 61.6 Å². The van der Waals surface area contributed by atoms with Gasteiger partial charge in [0, 0.05) is 0 Å². The lowest BCUT2D eigenvalue weighted by Crippen LogP contribution is -2.40. The molecule has 36 heavy (non-hydrogen) atoms. The summed E-state index contributed by atoms with van der Waals surface area (Å²) in [4.78, 5) is 9.81. The van der Waals surface area contributed by atoms with E-state index >= 15 is 0 Å². The quantitative estimate of drug-likeness (QED) is 0.194. The molecule has 8 heteroatoms. The molecule has 0 spiro atoms. The minimum absolute atomic E-state index is 0.398. The zero-order valence-electron chi connectivity index (χ0n) is 23.1. The zero-order chi connectivity index (χ0) is 26.0. The number of unbranched alkanes of at least 4 members (excludes halogenated alkanes) is 7. The fourth-order valence-electron chi connectivity index (χ4n) is 3.97. The van der Waals surface area contributed by atoms with Crippen LogP contribution in [-0.4, -0.2) is 102 Å². The van der Waals surface area contributed by atoms with Crippen molar-refractivity contribution in [1.82, 2.24) is 0 Å². The standard InChI is InChI=1S/C28H48N4O4/c1-31(2,21-13-15-23-33-27-17-25-35-29-27)19-11-9-7-5-6-8-10-12-20-32(3,4)22-14-16-24-34-28-18-26-36-30-28/h5-12,17-26H2,1-4H3/q+2. The van der Waals surface area contributed by atoms with E-state index in [4.69, 9.17) is 19.1 Å². The van der Waals surface area contributed by atoms with Crippen molar-refractivity contribution < 1.29 is 28.1 Å². The highest BCUT2D eigenvalue weighted by Gasteiger charge is 2.14. The smallest absolute Gasteiger partial charge is 0.230 e. The van der Waals surface area contributed by atoms with E-state index in [9.17, 15) is 0 Å². The first-order valence-corrected chi connectivity index (χ1v) is 13.6. The molecule has 0 aromatic carbocycles. The Morgan fingerprint density at radius 3 is 1.36 bits per heavy atom. The Bertz CT molecular complexity index is 747. The number of nitrogens with zero attached hydrogens (tertiary/aromatic N) is 4. The molecule has 0 aromatic heterocycles. The third-order valence-corrected chi connectivity index (χ3v) is 6.31. The maximum Gasteiger partial charge on any atom is 0.230 e. The number of rotatable bonds is 15. The van der Waals surface area contributed by atoms with Gasteiger partial charge in [0.05, 0.1) is 54.1 Å². The van der Waals surface area contributed by atoms with E-state index in [1.54, 1.807) is 0 Å². The molecule has 2 rings (SSSR count). The molecule has 0 N–H and O–H groups in total. The minimum Gasteiger partial charge on any atom is -0.465 e. The number of ether oxygens (including phenoxy) is 2. The van der Waals surface area contributed by atoms with Crippen molar-refractivity contribution in [1.29, 1.82) is 0 Å². The lowest BCUT2D eigenvalue weighted by Gasteiger charge is -2.27. The van der Waals surface area contributed by atoms with Gasteiger partial charge in [-0.3, -0.25) is 0 Å². The van der Waals surface area contributed by atoms with Crippen LogP contribution in [0.15, 0.2) is 10.3 Å². The maximum atomic E-state index is 5.46. The van der Waals surface area contributed by atoms with Crippen molar-refractivity contribution in [3.63, 3.8) is 0 Å². The van der Waals surface area contributed by atoms with Crippen LogP contribution in [0, 0.1) is 23.7 Å². The summed E-state index contributed by atoms with van der Waals surface area (Å²) < 4.78 is 12.8. The molecule has 2 heterocycles. The van der Waals surface area contributed by atoms with E-state index in [2.05, 4.69) is 62.2 Å². The number of oxime groups is 2. The number of quaternary nitrogens is 2. The molecule has 202 valence electrons. The summed E-state index contributed by atoms with van der Waals surface area (Å²) in [6.07, 6.45) is 12.0. The third-order valence-electron chi connectivity index (χ3n) is 6.31. The second kappa shape index (κ2) is 17.1. The van der Waals surface area contributed by atoms with Gasteiger partial charge in [-0.2, -0.15) is 0 Å². The van der Waals surface area contributed by atoms with Gasteiger partial charge in [-0.25, -0.2) is 0 Å². The molecule has 0 bridgehead atoms. The van der Waals surface area contributed by atoms with Crippen LogP contribution in [0.4, 0.5) is 0 Å². The van der Waals surface area contributed by atoms with Crippen LogP contribution < -0.4 is 0 Å². The number of hydrogen-bond acceptors (Lipinski definition) is 6. The van der Waals surface area contributed by atoms with Crippen LogP contribution in [-0.2, 0) is 19.1 Å². The van der Waals surface area contributed by atoms with Crippen LogP contribution in [0.3, 0.4) is 0 Å². The Balaban J connectivity index is 1.38. The summed E-state index contributed by atoms with van der Waals surface area (Å²) >= 11 is 0. The molecule has 0 fully saturated rings. The summed E-state index contributed by atoms with van der Waals surface area (Å²) in [6.45, 7) is 6.07. The summed E-state index contributed by atoms with van der Waals surface area (Å²) in [7, 11) is 9.02. The first-order chi connectivity index (χ1) is 17.4. The molecular formula is C28H48N4O4+2. The van der Waals surface area contributed by atoms with E-state index in [0.29, 0.717) is 38.2 Å². The Hall–Kier alpha value is -2.42. The summed E-state index contributed by atoms with van der Waals surface area (Å²) in [5, 5.41) is 7.62. The Morgan fingerprint density at radius 1 is 0.611 bits per heavy atom. The van der Waals surface area contributed by atoms with Crippen molar-refractivity contribution in [2.75, 3.05) is 80.8 Å². The van der Waals surface area contributed by atoms with E-state index in [1.165, 1.54) is 64.5 Å². The van der Waals surface area contributed by atoms with Crippen LogP contribution in [0.2, 0.25) is 0 Å². The van der Waals surface area contributed by atoms with Crippen LogP contribution >= 0.6 is 0 Å². The van der Waals surface area contributed by atoms with Crippen molar-refractivity contribution in [3.05, 3.63) is 0 Å². The Morgan fingerprint density at radius 2 is 1.00 bits per heavy atom. The maximum absolute atomic E-state index is 5.46. The first-order valence-electron chi connectivity index (χ1n) is 13.6. The van der Waals surface area contributed by atoms with Gasteiger partial charge in [0.1, 0.15) is 26.3 Å². The lowest BCUT2D eigenvalue weighted by atomic mass is 10.1. The SMILES string of the molecule is C[N+](C)(CC#CCOC1=NOCC1)CCCCCCCCCC[N+](C)(C)CC#CCOC1=NOCC1. The van der Waals surface area contributed by atoms with E-state index < -0.39 is 0 Å². The van der Waals surface area contributed by atoms with Gasteiger partial charge in [-0.1, -0.05) is 47.8 Å². The average molecular weight is 505 g/mol. The molecule has 2 aliphatic heterocycles. The van der Waals surface area contributed by atoms with Crippen molar-refractivity contribution in [2.45, 2.75) is 64.2 Å². The zero-order valence-corrected chi connectivity index (χ0v) is 23.1. The predicted octanol–water partition coefficient (Wildman–Crippen LogP) is 3.77. The molecule has 0 unspecified atom stereocenters. The Kier molecular flexibility index (Phi) is 14.2. The third kappa shape index (κ3) is 14.9. The highest BCUT2D eigenvalue weighted by molar-refractivity contribution is 5.77. The van der Waals surface area contributed by atoms with Crippen LogP contribution in [0.25, 0.3) is 0 Å². The molecule has 0 aromatic rings. The van der Waals surface area contributed by atoms with Gasteiger partial charge < -0.3 is 28.1 Å². The van der Waals surface area contributed by atoms with E-state index in [0.717, 1.165) is 34.9 Å². The average Bonchev–Trinajstić information content (AvgIpc) is 3.54. The molecule has 8 nitrogen and oxygen atoms in total. The molecule has 0 saturated carbocycles. The van der Waals surface area contributed by atoms with Gasteiger partial charge in [-0.05, 0) is 37.5 Å². The summed E-state index contributed by atoms with van der Waals surface area (Å²) in [5.41, 5.74) is 0. The van der Waals surface area contributed by atoms with Gasteiger partial charge in [0.25, 0.3) is 0 Å². The molecule has 0 atom stereocenters.